The van der Waals surface area contributed by atoms with Crippen molar-refractivity contribution >= 4 is 11.8 Å². The van der Waals surface area contributed by atoms with E-state index in [-0.39, 0.29) is 11.8 Å². The van der Waals surface area contributed by atoms with Gasteiger partial charge in [0.1, 0.15) is 11.5 Å². The Kier molecular flexibility index (Phi) is 6.90. The predicted molar refractivity (Wildman–Crippen MR) is 91.5 cm³/mol. The molecule has 1 fully saturated rings. The van der Waals surface area contributed by atoms with Gasteiger partial charge in [0.05, 0.1) is 19.8 Å². The van der Waals surface area contributed by atoms with Gasteiger partial charge in [-0.1, -0.05) is 12.8 Å². The normalized spacial score (nSPS) is 16.8. The number of benzene rings is 1. The molecule has 1 aromatic rings. The van der Waals surface area contributed by atoms with Gasteiger partial charge in [-0.15, -0.1) is 0 Å². The third-order valence-electron chi connectivity index (χ3n) is 4.21. The minimum atomic E-state index is -0.110. The Labute approximate surface area is 143 Å². The van der Waals surface area contributed by atoms with E-state index in [2.05, 4.69) is 5.32 Å². The average Bonchev–Trinajstić information content (AvgIpc) is 2.66. The summed E-state index contributed by atoms with van der Waals surface area (Å²) in [6.45, 7) is 1.79. The summed E-state index contributed by atoms with van der Waals surface area (Å²) in [5.41, 5.74) is 0.494. The Balaban J connectivity index is 2.16. The molecule has 0 aromatic heterocycles. The third-order valence-corrected chi connectivity index (χ3v) is 4.21. The molecule has 1 heterocycles. The van der Waals surface area contributed by atoms with Gasteiger partial charge in [0.15, 0.2) is 0 Å². The molecule has 6 nitrogen and oxygen atoms in total. The topological polar surface area (TPSA) is 67.9 Å². The summed E-state index contributed by atoms with van der Waals surface area (Å²) in [6.07, 6.45) is 4.38. The number of nitrogens with one attached hydrogen (secondary N) is 1. The molecule has 1 saturated heterocycles. The van der Waals surface area contributed by atoms with Gasteiger partial charge < -0.3 is 19.7 Å². The van der Waals surface area contributed by atoms with Crippen LogP contribution in [0, 0.1) is 0 Å². The molecule has 0 atom stereocenters. The van der Waals surface area contributed by atoms with Gasteiger partial charge in [0.25, 0.3) is 5.91 Å². The number of amides is 2. The van der Waals surface area contributed by atoms with E-state index in [1.54, 1.807) is 30.2 Å². The second kappa shape index (κ2) is 9.15. The average molecular weight is 334 g/mol. The highest BCUT2D eigenvalue weighted by Crippen LogP contribution is 2.26. The summed E-state index contributed by atoms with van der Waals surface area (Å²) in [5.74, 6) is 1.01. The Bertz CT molecular complexity index is 574. The fourth-order valence-corrected chi connectivity index (χ4v) is 2.79. The zero-order valence-corrected chi connectivity index (χ0v) is 14.5. The van der Waals surface area contributed by atoms with Crippen molar-refractivity contribution in [3.8, 4) is 11.5 Å². The number of carbonyl (C=O) groups excluding carboxylic acids is 2. The highest BCUT2D eigenvalue weighted by atomic mass is 16.5. The van der Waals surface area contributed by atoms with E-state index in [0.29, 0.717) is 36.6 Å². The zero-order chi connectivity index (χ0) is 17.4. The monoisotopic (exact) mass is 334 g/mol. The van der Waals surface area contributed by atoms with Crippen LogP contribution >= 0.6 is 0 Å². The summed E-state index contributed by atoms with van der Waals surface area (Å²) < 4.78 is 10.5. The summed E-state index contributed by atoms with van der Waals surface area (Å²) in [6, 6.07) is 5.16. The second-order valence-electron chi connectivity index (χ2n) is 5.87. The van der Waals surface area contributed by atoms with Gasteiger partial charge in [-0.25, -0.2) is 0 Å². The van der Waals surface area contributed by atoms with E-state index in [1.807, 2.05) is 0 Å². The number of rotatable bonds is 3. The Hall–Kier alpha value is -2.24. The van der Waals surface area contributed by atoms with E-state index in [4.69, 9.17) is 9.47 Å². The maximum absolute atomic E-state index is 12.9. The van der Waals surface area contributed by atoms with Crippen LogP contribution in [-0.4, -0.2) is 50.6 Å². The van der Waals surface area contributed by atoms with Gasteiger partial charge in [-0.3, -0.25) is 9.59 Å². The van der Waals surface area contributed by atoms with Crippen molar-refractivity contribution in [2.45, 2.75) is 32.1 Å². The molecule has 0 radical (unpaired) electrons. The third kappa shape index (κ3) is 4.88. The SMILES string of the molecule is COc1ccc(C(=O)N2CCCCCCNC(=O)CC2)c(OC)c1. The quantitative estimate of drug-likeness (QED) is 0.920. The lowest BCUT2D eigenvalue weighted by molar-refractivity contribution is -0.121. The van der Waals surface area contributed by atoms with Crippen molar-refractivity contribution in [1.82, 2.24) is 10.2 Å². The van der Waals surface area contributed by atoms with Gasteiger partial charge in [-0.05, 0) is 25.0 Å². The van der Waals surface area contributed by atoms with Crippen LogP contribution in [0.15, 0.2) is 18.2 Å². The van der Waals surface area contributed by atoms with Crippen LogP contribution < -0.4 is 14.8 Å². The molecule has 6 heteroatoms. The molecule has 1 aliphatic rings. The van der Waals surface area contributed by atoms with Crippen molar-refractivity contribution < 1.29 is 19.1 Å². The van der Waals surface area contributed by atoms with Crippen LogP contribution in [0.5, 0.6) is 11.5 Å². The smallest absolute Gasteiger partial charge is 0.257 e. The van der Waals surface area contributed by atoms with Crippen molar-refractivity contribution in [1.29, 1.82) is 0 Å². The molecule has 0 saturated carbocycles. The number of hydrogen-bond donors (Lipinski definition) is 1. The molecule has 2 rings (SSSR count). The van der Waals surface area contributed by atoms with Crippen LogP contribution in [0.2, 0.25) is 0 Å². The molecule has 1 N–H and O–H groups in total. The van der Waals surface area contributed by atoms with E-state index in [1.165, 1.54) is 7.11 Å². The van der Waals surface area contributed by atoms with Crippen molar-refractivity contribution in [3.05, 3.63) is 23.8 Å². The minimum absolute atomic E-state index is 0.00334. The van der Waals surface area contributed by atoms with Crippen LogP contribution in [0.4, 0.5) is 0 Å². The summed E-state index contributed by atoms with van der Waals surface area (Å²) in [4.78, 5) is 26.5. The molecular formula is C18H26N2O4. The molecule has 2 amide bonds. The lowest BCUT2D eigenvalue weighted by Crippen LogP contribution is -2.36. The van der Waals surface area contributed by atoms with Crippen LogP contribution in [0.1, 0.15) is 42.5 Å². The minimum Gasteiger partial charge on any atom is -0.497 e. The Morgan fingerprint density at radius 1 is 1.08 bits per heavy atom. The molecule has 1 aromatic carbocycles. The lowest BCUT2D eigenvalue weighted by Gasteiger charge is -2.23. The number of nitrogens with zero attached hydrogens (tertiary/aromatic N) is 1. The first-order valence-electron chi connectivity index (χ1n) is 8.43. The van der Waals surface area contributed by atoms with Gasteiger partial charge in [-0.2, -0.15) is 0 Å². The lowest BCUT2D eigenvalue weighted by atomic mass is 10.1. The van der Waals surface area contributed by atoms with E-state index in [0.717, 1.165) is 32.2 Å². The highest BCUT2D eigenvalue weighted by Gasteiger charge is 2.21. The maximum Gasteiger partial charge on any atom is 0.257 e. The number of ether oxygens (including phenoxy) is 2. The first-order chi connectivity index (χ1) is 11.7. The second-order valence-corrected chi connectivity index (χ2v) is 5.87. The number of hydrogen-bond acceptors (Lipinski definition) is 4. The molecule has 132 valence electrons. The number of methoxy groups -OCH3 is 2. The Morgan fingerprint density at radius 2 is 1.88 bits per heavy atom. The highest BCUT2D eigenvalue weighted by molar-refractivity contribution is 5.97. The van der Waals surface area contributed by atoms with Gasteiger partial charge in [0.2, 0.25) is 5.91 Å². The molecule has 1 aliphatic heterocycles. The largest absolute Gasteiger partial charge is 0.497 e. The van der Waals surface area contributed by atoms with Crippen LogP contribution in [0.25, 0.3) is 0 Å². The van der Waals surface area contributed by atoms with E-state index in [9.17, 15) is 9.59 Å². The molecule has 0 aliphatic carbocycles. The van der Waals surface area contributed by atoms with Crippen LogP contribution in [-0.2, 0) is 4.79 Å². The van der Waals surface area contributed by atoms with Crippen LogP contribution in [0.3, 0.4) is 0 Å². The van der Waals surface area contributed by atoms with Crippen molar-refractivity contribution in [2.24, 2.45) is 0 Å². The first kappa shape index (κ1) is 18.1. The molecule has 0 unspecified atom stereocenters. The van der Waals surface area contributed by atoms with Crippen molar-refractivity contribution in [3.63, 3.8) is 0 Å². The Morgan fingerprint density at radius 3 is 2.62 bits per heavy atom. The zero-order valence-electron chi connectivity index (χ0n) is 14.5. The van der Waals surface area contributed by atoms with Gasteiger partial charge in [0, 0.05) is 32.1 Å². The summed E-state index contributed by atoms with van der Waals surface area (Å²) >= 11 is 0. The molecule has 0 spiro atoms. The standard InChI is InChI=1S/C18H26N2O4/c1-23-14-7-8-15(16(13-14)24-2)18(22)20-11-6-4-3-5-10-19-17(21)9-12-20/h7-8,13H,3-6,9-12H2,1-2H3,(H,19,21). The summed E-state index contributed by atoms with van der Waals surface area (Å²) in [5, 5.41) is 2.90. The number of carbonyl (C=O) groups is 2. The summed E-state index contributed by atoms with van der Waals surface area (Å²) in [7, 11) is 3.11. The maximum atomic E-state index is 12.9. The molecule has 24 heavy (non-hydrogen) atoms. The molecule has 0 bridgehead atoms. The first-order valence-corrected chi connectivity index (χ1v) is 8.43. The van der Waals surface area contributed by atoms with E-state index < -0.39 is 0 Å². The van der Waals surface area contributed by atoms with Crippen molar-refractivity contribution in [2.75, 3.05) is 33.9 Å². The predicted octanol–water partition coefficient (Wildman–Crippen LogP) is 2.23. The molecular weight excluding hydrogens is 308 g/mol. The van der Waals surface area contributed by atoms with E-state index >= 15 is 0 Å². The van der Waals surface area contributed by atoms with Gasteiger partial charge >= 0.3 is 0 Å². The fraction of sp³-hybridized carbons (Fsp3) is 0.556. The fourth-order valence-electron chi connectivity index (χ4n) is 2.79.